The Bertz CT molecular complexity index is 315. The highest BCUT2D eigenvalue weighted by Crippen LogP contribution is 2.27. The fourth-order valence-electron chi connectivity index (χ4n) is 1.03. The second-order valence-electron chi connectivity index (χ2n) is 4.31. The van der Waals surface area contributed by atoms with Gasteiger partial charge in [0, 0.05) is 0 Å². The zero-order valence-electron chi connectivity index (χ0n) is 13.5. The van der Waals surface area contributed by atoms with E-state index in [1.54, 1.807) is 0 Å². The van der Waals surface area contributed by atoms with Gasteiger partial charge in [0.1, 0.15) is 0 Å². The van der Waals surface area contributed by atoms with E-state index in [-0.39, 0.29) is 0 Å². The topological polar surface area (TPSA) is 182 Å². The Balaban J connectivity index is -0.000000116. The summed E-state index contributed by atoms with van der Waals surface area (Å²) in [5.74, 6) is 0. The zero-order valence-corrected chi connectivity index (χ0v) is 18.7. The largest absolute Gasteiger partial charge is 0.325 e. The van der Waals surface area contributed by atoms with Crippen molar-refractivity contribution in [3.8, 4) is 0 Å². The smallest absolute Gasteiger partial charge is 0.319 e. The predicted octanol–water partition coefficient (Wildman–Crippen LogP) is 1.32. The average Bonchev–Trinajstić information content (AvgIpc) is 2.22. The fourth-order valence-corrected chi connectivity index (χ4v) is 1.03. The first-order chi connectivity index (χ1) is 10.4. The van der Waals surface area contributed by atoms with Crippen molar-refractivity contribution >= 4 is 55.6 Å². The lowest BCUT2D eigenvalue weighted by molar-refractivity contribution is 0.361. The van der Waals surface area contributed by atoms with E-state index in [0.717, 1.165) is 0 Å². The van der Waals surface area contributed by atoms with Gasteiger partial charge in [-0.25, -0.2) is 0 Å². The second kappa shape index (κ2) is 19.4. The maximum atomic E-state index is 7.56. The van der Waals surface area contributed by atoms with Crippen molar-refractivity contribution in [3.63, 3.8) is 0 Å². The summed E-state index contributed by atoms with van der Waals surface area (Å²) in [4.78, 5) is 68.0. The van der Waals surface area contributed by atoms with Crippen molar-refractivity contribution in [1.82, 2.24) is 0 Å². The Hall–Kier alpha value is 1.59. The average molecular weight is 470 g/mol. The van der Waals surface area contributed by atoms with Crippen LogP contribution in [0.5, 0.6) is 0 Å². The van der Waals surface area contributed by atoms with Gasteiger partial charge in [-0.05, 0) is 35.4 Å². The van der Waals surface area contributed by atoms with Crippen LogP contribution in [0.2, 0.25) is 0 Å². The van der Waals surface area contributed by atoms with Crippen molar-refractivity contribution in [2.45, 2.75) is 58.8 Å². The van der Waals surface area contributed by atoms with Crippen LogP contribution in [0.25, 0.3) is 0 Å². The Morgan fingerprint density at radius 1 is 0.458 bits per heavy atom. The molecule has 0 bridgehead atoms. The molecule has 0 spiro atoms. The Kier molecular flexibility index (Phi) is 26.8. The lowest BCUT2D eigenvalue weighted by Gasteiger charge is -1.96. The maximum Gasteiger partial charge on any atom is 0.319 e. The van der Waals surface area contributed by atoms with Crippen LogP contribution in [0.3, 0.4) is 0 Å². The van der Waals surface area contributed by atoms with E-state index in [0.29, 0.717) is 0 Å². The standard InChI is InChI=1S/C9H20.3H3O3PS/c1-3-5-7-9-8-6-4-2;3*1-4(2,3)5/h3-9H2,1-2H3;3*(H3,1,2,3,5). The molecule has 0 heterocycles. The van der Waals surface area contributed by atoms with E-state index in [1.165, 1.54) is 44.9 Å². The van der Waals surface area contributed by atoms with E-state index in [1.807, 2.05) is 0 Å². The summed E-state index contributed by atoms with van der Waals surface area (Å²) in [6.07, 6.45) is 9.97. The van der Waals surface area contributed by atoms with E-state index in [9.17, 15) is 0 Å². The maximum absolute atomic E-state index is 7.56. The fraction of sp³-hybridized carbons (Fsp3) is 1.00. The summed E-state index contributed by atoms with van der Waals surface area (Å²) < 4.78 is 0. The number of hydrogen-bond acceptors (Lipinski definition) is 3. The van der Waals surface area contributed by atoms with Crippen LogP contribution < -0.4 is 0 Å². The molecule has 9 nitrogen and oxygen atoms in total. The normalized spacial score (nSPS) is 11.1. The number of unbranched alkanes of at least 4 members (excludes halogenated alkanes) is 6. The van der Waals surface area contributed by atoms with Gasteiger partial charge in [-0.15, -0.1) is 0 Å². The molecule has 0 amide bonds. The monoisotopic (exact) mass is 470 g/mol. The molecule has 0 fully saturated rings. The van der Waals surface area contributed by atoms with Crippen molar-refractivity contribution in [2.75, 3.05) is 0 Å². The minimum Gasteiger partial charge on any atom is -0.325 e. The van der Waals surface area contributed by atoms with Crippen molar-refractivity contribution in [1.29, 1.82) is 0 Å². The minimum absolute atomic E-state index is 1.37. The van der Waals surface area contributed by atoms with Crippen LogP contribution in [-0.2, 0) is 35.4 Å². The molecule has 0 radical (unpaired) electrons. The van der Waals surface area contributed by atoms with Crippen LogP contribution in [0.15, 0.2) is 0 Å². The summed E-state index contributed by atoms with van der Waals surface area (Å²) in [6, 6.07) is 0. The highest BCUT2D eigenvalue weighted by molar-refractivity contribution is 8.06. The van der Waals surface area contributed by atoms with Gasteiger partial charge in [0.05, 0.1) is 0 Å². The van der Waals surface area contributed by atoms with Crippen LogP contribution in [-0.4, -0.2) is 44.0 Å². The summed E-state index contributed by atoms with van der Waals surface area (Å²) in [5.41, 5.74) is 0. The molecule has 0 aliphatic rings. The molecule has 152 valence electrons. The van der Waals surface area contributed by atoms with Crippen LogP contribution in [0, 0.1) is 0 Å². The van der Waals surface area contributed by atoms with E-state index in [4.69, 9.17) is 44.0 Å². The lowest BCUT2D eigenvalue weighted by Crippen LogP contribution is -1.76. The van der Waals surface area contributed by atoms with Crippen molar-refractivity contribution < 1.29 is 44.0 Å². The van der Waals surface area contributed by atoms with E-state index >= 15 is 0 Å². The molecule has 9 N–H and O–H groups in total. The molecule has 0 rings (SSSR count). The molecule has 0 aromatic heterocycles. The lowest BCUT2D eigenvalue weighted by atomic mass is 10.1. The first kappa shape index (κ1) is 33.2. The van der Waals surface area contributed by atoms with Gasteiger partial charge in [-0.1, -0.05) is 58.8 Å². The third-order valence-electron chi connectivity index (χ3n) is 1.71. The van der Waals surface area contributed by atoms with Gasteiger partial charge in [-0.3, -0.25) is 0 Å². The van der Waals surface area contributed by atoms with Crippen LogP contribution >= 0.6 is 20.2 Å². The molecule has 15 heteroatoms. The zero-order chi connectivity index (χ0) is 20.4. The Morgan fingerprint density at radius 3 is 0.708 bits per heavy atom. The molecular formula is C9H29O9P3S3. The van der Waals surface area contributed by atoms with Gasteiger partial charge >= 0.3 is 20.2 Å². The van der Waals surface area contributed by atoms with E-state index in [2.05, 4.69) is 49.3 Å². The van der Waals surface area contributed by atoms with E-state index < -0.39 is 20.2 Å². The first-order valence-corrected chi connectivity index (χ1v) is 14.7. The predicted molar refractivity (Wildman–Crippen MR) is 106 cm³/mol. The van der Waals surface area contributed by atoms with Gasteiger partial charge < -0.3 is 44.0 Å². The third-order valence-corrected chi connectivity index (χ3v) is 1.71. The summed E-state index contributed by atoms with van der Waals surface area (Å²) in [5, 5.41) is 0. The molecular weight excluding hydrogens is 441 g/mol. The Labute approximate surface area is 158 Å². The van der Waals surface area contributed by atoms with Gasteiger partial charge in [0.15, 0.2) is 0 Å². The van der Waals surface area contributed by atoms with Gasteiger partial charge in [0.25, 0.3) is 0 Å². The van der Waals surface area contributed by atoms with Gasteiger partial charge in [0.2, 0.25) is 0 Å². The first-order valence-electron chi connectivity index (χ1n) is 6.76. The second-order valence-corrected chi connectivity index (χ2v) is 11.8. The highest BCUT2D eigenvalue weighted by Gasteiger charge is 1.93. The number of hydrogen-bond donors (Lipinski definition) is 9. The summed E-state index contributed by atoms with van der Waals surface area (Å²) in [7, 11) is 0. The van der Waals surface area contributed by atoms with Crippen molar-refractivity contribution in [2.24, 2.45) is 0 Å². The summed E-state index contributed by atoms with van der Waals surface area (Å²) >= 11 is 10.8. The highest BCUT2D eigenvalue weighted by atomic mass is 32.5. The molecule has 0 atom stereocenters. The molecule has 0 aliphatic carbocycles. The molecule has 0 saturated carbocycles. The summed E-state index contributed by atoms with van der Waals surface area (Å²) in [6.45, 7) is -6.89. The SMILES string of the molecule is CCCCCCCCC.OP(O)(O)=S.OP(O)(O)=S.OP(O)(O)=S. The molecule has 0 saturated heterocycles. The molecule has 0 aliphatic heterocycles. The molecule has 0 aromatic rings. The van der Waals surface area contributed by atoms with Crippen LogP contribution in [0.4, 0.5) is 0 Å². The molecule has 24 heavy (non-hydrogen) atoms. The minimum atomic E-state index is -3.81. The third kappa shape index (κ3) is 209. The van der Waals surface area contributed by atoms with Crippen molar-refractivity contribution in [3.05, 3.63) is 0 Å². The quantitative estimate of drug-likeness (QED) is 0.201. The van der Waals surface area contributed by atoms with Gasteiger partial charge in [-0.2, -0.15) is 0 Å². The Morgan fingerprint density at radius 2 is 0.583 bits per heavy atom. The molecule has 0 unspecified atom stereocenters. The number of rotatable bonds is 6. The molecule has 0 aromatic carbocycles. The van der Waals surface area contributed by atoms with Crippen LogP contribution in [0.1, 0.15) is 58.8 Å².